The van der Waals surface area contributed by atoms with Crippen molar-refractivity contribution in [1.82, 2.24) is 15.5 Å². The fourth-order valence-electron chi connectivity index (χ4n) is 2.79. The number of hydrogen-bond acceptors (Lipinski definition) is 3. The molecule has 1 aromatic rings. The van der Waals surface area contributed by atoms with E-state index in [2.05, 4.69) is 10.6 Å². The van der Waals surface area contributed by atoms with Gasteiger partial charge >= 0.3 is 0 Å². The first-order valence-corrected chi connectivity index (χ1v) is 8.36. The van der Waals surface area contributed by atoms with E-state index in [9.17, 15) is 9.59 Å². The summed E-state index contributed by atoms with van der Waals surface area (Å²) in [5.74, 6) is -0.120. The summed E-state index contributed by atoms with van der Waals surface area (Å²) in [4.78, 5) is 27.1. The van der Waals surface area contributed by atoms with Gasteiger partial charge in [-0.1, -0.05) is 31.5 Å². The van der Waals surface area contributed by atoms with Crippen LogP contribution < -0.4 is 10.6 Å². The van der Waals surface area contributed by atoms with Crippen molar-refractivity contribution in [3.8, 4) is 0 Å². The maximum atomic E-state index is 12.8. The van der Waals surface area contributed by atoms with Crippen molar-refractivity contribution in [2.24, 2.45) is 5.92 Å². The molecule has 1 aliphatic rings. The van der Waals surface area contributed by atoms with Crippen LogP contribution in [-0.2, 0) is 4.79 Å². The van der Waals surface area contributed by atoms with Crippen LogP contribution >= 0.6 is 0 Å². The molecule has 5 nitrogen and oxygen atoms in total. The van der Waals surface area contributed by atoms with Crippen LogP contribution in [0.5, 0.6) is 0 Å². The predicted molar refractivity (Wildman–Crippen MR) is 91.3 cm³/mol. The molecule has 1 heterocycles. The minimum absolute atomic E-state index is 0.0182. The molecule has 1 aliphatic heterocycles. The van der Waals surface area contributed by atoms with E-state index in [4.69, 9.17) is 0 Å². The van der Waals surface area contributed by atoms with Gasteiger partial charge in [0.15, 0.2) is 0 Å². The van der Waals surface area contributed by atoms with Gasteiger partial charge < -0.3 is 15.5 Å². The van der Waals surface area contributed by atoms with Crippen LogP contribution in [0.1, 0.15) is 36.2 Å². The Balaban J connectivity index is 2.08. The summed E-state index contributed by atoms with van der Waals surface area (Å²) < 4.78 is 0. The molecule has 2 amide bonds. The molecule has 0 spiro atoms. The predicted octanol–water partition coefficient (Wildman–Crippen LogP) is 1.57. The summed E-state index contributed by atoms with van der Waals surface area (Å²) in [6.07, 6.45) is 0.947. The van der Waals surface area contributed by atoms with E-state index in [1.54, 1.807) is 6.07 Å². The lowest BCUT2D eigenvalue weighted by Crippen LogP contribution is -2.52. The van der Waals surface area contributed by atoms with Gasteiger partial charge in [0.2, 0.25) is 5.91 Å². The maximum absolute atomic E-state index is 12.8. The molecule has 0 bridgehead atoms. The Morgan fingerprint density at radius 3 is 2.70 bits per heavy atom. The SMILES string of the molecule is Cc1cccc(C(=O)NC(C(=O)N2CCCNCC2)C(C)C)c1. The third-order valence-corrected chi connectivity index (χ3v) is 4.15. The summed E-state index contributed by atoms with van der Waals surface area (Å²) in [7, 11) is 0. The van der Waals surface area contributed by atoms with Gasteiger partial charge in [0.25, 0.3) is 5.91 Å². The van der Waals surface area contributed by atoms with Crippen molar-refractivity contribution in [2.75, 3.05) is 26.2 Å². The molecule has 2 N–H and O–H groups in total. The number of carbonyl (C=O) groups excluding carboxylic acids is 2. The Kier molecular flexibility index (Phi) is 6.16. The van der Waals surface area contributed by atoms with Crippen molar-refractivity contribution in [2.45, 2.75) is 33.2 Å². The van der Waals surface area contributed by atoms with E-state index in [1.807, 2.05) is 43.9 Å². The first-order valence-electron chi connectivity index (χ1n) is 8.36. The molecule has 23 heavy (non-hydrogen) atoms. The van der Waals surface area contributed by atoms with Crippen LogP contribution in [0.2, 0.25) is 0 Å². The molecule has 1 fully saturated rings. The highest BCUT2D eigenvalue weighted by Crippen LogP contribution is 2.10. The van der Waals surface area contributed by atoms with E-state index >= 15 is 0 Å². The summed E-state index contributed by atoms with van der Waals surface area (Å²) in [6.45, 7) is 9.07. The van der Waals surface area contributed by atoms with Gasteiger partial charge in [0, 0.05) is 25.2 Å². The van der Waals surface area contributed by atoms with Gasteiger partial charge in [-0.2, -0.15) is 0 Å². The molecule has 1 aromatic carbocycles. The van der Waals surface area contributed by atoms with E-state index in [0.29, 0.717) is 12.1 Å². The van der Waals surface area contributed by atoms with Gasteiger partial charge in [-0.05, 0) is 37.9 Å². The Morgan fingerprint density at radius 1 is 1.22 bits per heavy atom. The molecule has 1 unspecified atom stereocenters. The van der Waals surface area contributed by atoms with Crippen LogP contribution in [-0.4, -0.2) is 48.9 Å². The Bertz CT molecular complexity index is 549. The zero-order chi connectivity index (χ0) is 16.8. The molecule has 5 heteroatoms. The van der Waals surface area contributed by atoms with Crippen LogP contribution in [0.3, 0.4) is 0 Å². The number of rotatable bonds is 4. The molecule has 0 radical (unpaired) electrons. The number of carbonyl (C=O) groups is 2. The van der Waals surface area contributed by atoms with Crippen LogP contribution in [0.4, 0.5) is 0 Å². The second-order valence-corrected chi connectivity index (χ2v) is 6.49. The van der Waals surface area contributed by atoms with Gasteiger partial charge in [0.05, 0.1) is 0 Å². The van der Waals surface area contributed by atoms with Crippen molar-refractivity contribution in [1.29, 1.82) is 0 Å². The standard InChI is InChI=1S/C18H27N3O2/c1-13(2)16(18(23)21-10-5-8-19-9-11-21)20-17(22)15-7-4-6-14(3)12-15/h4,6-7,12-13,16,19H,5,8-11H2,1-3H3,(H,20,22). The molecule has 1 atom stereocenters. The lowest BCUT2D eigenvalue weighted by atomic mass is 10.0. The molecule has 126 valence electrons. The number of aryl methyl sites for hydroxylation is 1. The topological polar surface area (TPSA) is 61.4 Å². The molecule has 0 aliphatic carbocycles. The number of benzene rings is 1. The number of hydrogen-bond donors (Lipinski definition) is 2. The molecule has 0 aromatic heterocycles. The number of nitrogens with one attached hydrogen (secondary N) is 2. The molecular formula is C18H27N3O2. The average Bonchev–Trinajstić information content (AvgIpc) is 2.80. The smallest absolute Gasteiger partial charge is 0.251 e. The highest BCUT2D eigenvalue weighted by molar-refractivity contribution is 5.97. The lowest BCUT2D eigenvalue weighted by Gasteiger charge is -2.28. The average molecular weight is 317 g/mol. The van der Waals surface area contributed by atoms with E-state index < -0.39 is 6.04 Å². The minimum Gasteiger partial charge on any atom is -0.340 e. The molecular weight excluding hydrogens is 290 g/mol. The lowest BCUT2D eigenvalue weighted by molar-refractivity contribution is -0.134. The second-order valence-electron chi connectivity index (χ2n) is 6.49. The van der Waals surface area contributed by atoms with Crippen molar-refractivity contribution >= 4 is 11.8 Å². The summed E-state index contributed by atoms with van der Waals surface area (Å²) in [5, 5.41) is 6.22. The van der Waals surface area contributed by atoms with Gasteiger partial charge in [-0.3, -0.25) is 9.59 Å². The summed E-state index contributed by atoms with van der Waals surface area (Å²) in [6, 6.07) is 6.94. The second kappa shape index (κ2) is 8.11. The van der Waals surface area contributed by atoms with Crippen LogP contribution in [0.25, 0.3) is 0 Å². The fourth-order valence-corrected chi connectivity index (χ4v) is 2.79. The van der Waals surface area contributed by atoms with Crippen LogP contribution in [0, 0.1) is 12.8 Å². The molecule has 1 saturated heterocycles. The summed E-state index contributed by atoms with van der Waals surface area (Å²) >= 11 is 0. The third-order valence-electron chi connectivity index (χ3n) is 4.15. The monoisotopic (exact) mass is 317 g/mol. The van der Waals surface area contributed by atoms with Crippen LogP contribution in [0.15, 0.2) is 24.3 Å². The largest absolute Gasteiger partial charge is 0.340 e. The van der Waals surface area contributed by atoms with E-state index in [1.165, 1.54) is 0 Å². The van der Waals surface area contributed by atoms with Crippen molar-refractivity contribution in [3.63, 3.8) is 0 Å². The minimum atomic E-state index is -0.485. The Hall–Kier alpha value is -1.88. The Morgan fingerprint density at radius 2 is 2.00 bits per heavy atom. The first-order chi connectivity index (χ1) is 11.0. The fraction of sp³-hybridized carbons (Fsp3) is 0.556. The molecule has 0 saturated carbocycles. The normalized spacial score (nSPS) is 16.8. The highest BCUT2D eigenvalue weighted by atomic mass is 16.2. The highest BCUT2D eigenvalue weighted by Gasteiger charge is 2.29. The first kappa shape index (κ1) is 17.5. The van der Waals surface area contributed by atoms with Gasteiger partial charge in [-0.15, -0.1) is 0 Å². The number of amides is 2. The van der Waals surface area contributed by atoms with Crippen molar-refractivity contribution in [3.05, 3.63) is 35.4 Å². The van der Waals surface area contributed by atoms with E-state index in [0.717, 1.165) is 31.6 Å². The zero-order valence-corrected chi connectivity index (χ0v) is 14.3. The summed E-state index contributed by atoms with van der Waals surface area (Å²) in [5.41, 5.74) is 1.63. The van der Waals surface area contributed by atoms with Gasteiger partial charge in [0.1, 0.15) is 6.04 Å². The van der Waals surface area contributed by atoms with E-state index in [-0.39, 0.29) is 17.7 Å². The third kappa shape index (κ3) is 4.79. The maximum Gasteiger partial charge on any atom is 0.251 e. The number of nitrogens with zero attached hydrogens (tertiary/aromatic N) is 1. The van der Waals surface area contributed by atoms with Gasteiger partial charge in [-0.25, -0.2) is 0 Å². The van der Waals surface area contributed by atoms with Crippen molar-refractivity contribution < 1.29 is 9.59 Å². The zero-order valence-electron chi connectivity index (χ0n) is 14.3. The molecule has 2 rings (SSSR count). The Labute approximate surface area is 138 Å². The quantitative estimate of drug-likeness (QED) is 0.886.